The van der Waals surface area contributed by atoms with Gasteiger partial charge in [0.1, 0.15) is 0 Å². The van der Waals surface area contributed by atoms with Crippen molar-refractivity contribution < 1.29 is 28.5 Å². The van der Waals surface area contributed by atoms with Crippen molar-refractivity contribution in [2.45, 2.75) is 26.3 Å². The first-order chi connectivity index (χ1) is 16.5. The fourth-order valence-corrected chi connectivity index (χ4v) is 5.30. The number of aliphatic imine (C=N–C) groups is 1. The Balaban J connectivity index is 1.77. The molecule has 3 aliphatic rings. The lowest BCUT2D eigenvalue weighted by Gasteiger charge is -2.37. The molecule has 4 rings (SSSR count). The molecule has 1 atom stereocenters. The first kappa shape index (κ1) is 24.2. The highest BCUT2D eigenvalue weighted by Crippen LogP contribution is 2.48. The van der Waals surface area contributed by atoms with E-state index in [0.29, 0.717) is 54.2 Å². The number of hydrogen-bond donors (Lipinski definition) is 0. The molecular formula is C24H29N3O6S. The van der Waals surface area contributed by atoms with Gasteiger partial charge in [-0.05, 0) is 25.3 Å². The zero-order valence-electron chi connectivity index (χ0n) is 19.8. The van der Waals surface area contributed by atoms with Crippen LogP contribution in [0.4, 0.5) is 0 Å². The normalized spacial score (nSPS) is 19.9. The summed E-state index contributed by atoms with van der Waals surface area (Å²) >= 11 is 1.44. The van der Waals surface area contributed by atoms with Crippen molar-refractivity contribution >= 4 is 28.8 Å². The largest absolute Gasteiger partial charge is 0.493 e. The van der Waals surface area contributed by atoms with Gasteiger partial charge in [-0.2, -0.15) is 0 Å². The second-order valence-electron chi connectivity index (χ2n) is 7.87. The van der Waals surface area contributed by atoms with Gasteiger partial charge in [-0.15, -0.1) is 0 Å². The minimum atomic E-state index is -0.588. The summed E-state index contributed by atoms with van der Waals surface area (Å²) in [4.78, 5) is 34.7. The number of carbonyl (C=O) groups is 2. The highest BCUT2D eigenvalue weighted by atomic mass is 32.2. The molecule has 182 valence electrons. The van der Waals surface area contributed by atoms with Crippen LogP contribution < -0.4 is 9.47 Å². The number of amidine groups is 1. The van der Waals surface area contributed by atoms with E-state index in [-0.39, 0.29) is 18.9 Å². The smallest absolute Gasteiger partial charge is 0.338 e. The van der Waals surface area contributed by atoms with Gasteiger partial charge in [0, 0.05) is 24.4 Å². The Hall–Kier alpha value is -2.98. The number of ether oxygens (including phenoxy) is 4. The molecule has 10 heteroatoms. The summed E-state index contributed by atoms with van der Waals surface area (Å²) in [6.07, 6.45) is 0.184. The minimum Gasteiger partial charge on any atom is -0.493 e. The Morgan fingerprint density at radius 3 is 2.65 bits per heavy atom. The molecule has 0 bridgehead atoms. The highest BCUT2D eigenvalue weighted by Gasteiger charge is 2.43. The van der Waals surface area contributed by atoms with Gasteiger partial charge in [0.15, 0.2) is 16.7 Å². The molecule has 0 unspecified atom stereocenters. The maximum absolute atomic E-state index is 13.1. The van der Waals surface area contributed by atoms with E-state index in [1.807, 2.05) is 27.3 Å². The quantitative estimate of drug-likeness (QED) is 0.542. The van der Waals surface area contributed by atoms with E-state index in [1.165, 1.54) is 11.8 Å². The van der Waals surface area contributed by atoms with Crippen LogP contribution in [0, 0.1) is 0 Å². The SMILES string of the molecule is CCOC(=O)C1=C(C)N=C2SC=C(CC(=O)N3CCOCC3)N2[C@@H]1c1cccc(OC)c1OC. The van der Waals surface area contributed by atoms with Crippen molar-refractivity contribution in [3.8, 4) is 11.5 Å². The second kappa shape index (κ2) is 10.5. The number of amides is 1. The number of para-hydroxylation sites is 1. The molecule has 3 aliphatic heterocycles. The fourth-order valence-electron chi connectivity index (χ4n) is 4.34. The summed E-state index contributed by atoms with van der Waals surface area (Å²) in [5.41, 5.74) is 2.47. The lowest BCUT2D eigenvalue weighted by molar-refractivity contribution is -0.139. The van der Waals surface area contributed by atoms with Gasteiger partial charge in [0.05, 0.1) is 57.8 Å². The molecule has 0 aliphatic carbocycles. The van der Waals surface area contributed by atoms with Gasteiger partial charge in [0.25, 0.3) is 0 Å². The molecule has 1 amide bonds. The van der Waals surface area contributed by atoms with Crippen LogP contribution in [0.2, 0.25) is 0 Å². The number of nitrogens with zero attached hydrogens (tertiary/aromatic N) is 3. The molecule has 1 aromatic rings. The van der Waals surface area contributed by atoms with Crippen LogP contribution in [0.1, 0.15) is 31.9 Å². The van der Waals surface area contributed by atoms with E-state index in [4.69, 9.17) is 18.9 Å². The molecule has 0 aromatic heterocycles. The zero-order chi connectivity index (χ0) is 24.2. The Labute approximate surface area is 203 Å². The average Bonchev–Trinajstić information content (AvgIpc) is 3.24. The van der Waals surface area contributed by atoms with Crippen LogP contribution in [0.5, 0.6) is 11.5 Å². The van der Waals surface area contributed by atoms with Crippen LogP contribution in [-0.2, 0) is 19.1 Å². The zero-order valence-corrected chi connectivity index (χ0v) is 20.6. The van der Waals surface area contributed by atoms with E-state index >= 15 is 0 Å². The van der Waals surface area contributed by atoms with Gasteiger partial charge in [-0.1, -0.05) is 23.9 Å². The van der Waals surface area contributed by atoms with Crippen LogP contribution >= 0.6 is 11.8 Å². The molecule has 0 saturated carbocycles. The molecular weight excluding hydrogens is 458 g/mol. The molecule has 0 radical (unpaired) electrons. The summed E-state index contributed by atoms with van der Waals surface area (Å²) in [6.45, 7) is 6.02. The van der Waals surface area contributed by atoms with E-state index in [2.05, 4.69) is 4.99 Å². The van der Waals surface area contributed by atoms with Gasteiger partial charge in [-0.25, -0.2) is 9.79 Å². The number of methoxy groups -OCH3 is 2. The minimum absolute atomic E-state index is 0.0108. The predicted molar refractivity (Wildman–Crippen MR) is 129 cm³/mol. The summed E-state index contributed by atoms with van der Waals surface area (Å²) in [5, 5.41) is 2.63. The molecule has 0 spiro atoms. The Kier molecular flexibility index (Phi) is 7.47. The second-order valence-corrected chi connectivity index (χ2v) is 8.70. The first-order valence-electron chi connectivity index (χ1n) is 11.2. The number of fused-ring (bicyclic) bond motifs is 1. The lowest BCUT2D eigenvalue weighted by atomic mass is 9.92. The topological polar surface area (TPSA) is 89.9 Å². The Bertz CT molecular complexity index is 1060. The predicted octanol–water partition coefficient (Wildman–Crippen LogP) is 3.09. The van der Waals surface area contributed by atoms with Crippen molar-refractivity contribution in [1.29, 1.82) is 0 Å². The van der Waals surface area contributed by atoms with Crippen molar-refractivity contribution in [2.24, 2.45) is 4.99 Å². The summed E-state index contributed by atoms with van der Waals surface area (Å²) in [6, 6.07) is 4.96. The van der Waals surface area contributed by atoms with Crippen molar-refractivity contribution in [3.05, 3.63) is 46.1 Å². The van der Waals surface area contributed by atoms with Crippen LogP contribution in [0.3, 0.4) is 0 Å². The standard InChI is InChI=1S/C24H29N3O6S/c1-5-33-23(29)20-15(2)25-24-27(21(20)17-7-6-8-18(30-3)22(17)31-4)16(14-34-24)13-19(28)26-9-11-32-12-10-26/h6-8,14,21H,5,9-13H2,1-4H3/t21-/m1/s1. The van der Waals surface area contributed by atoms with E-state index in [1.54, 1.807) is 34.1 Å². The van der Waals surface area contributed by atoms with Crippen molar-refractivity contribution in [2.75, 3.05) is 47.1 Å². The summed E-state index contributed by atoms with van der Waals surface area (Å²) < 4.78 is 22.0. The van der Waals surface area contributed by atoms with Gasteiger partial charge in [0.2, 0.25) is 5.91 Å². The van der Waals surface area contributed by atoms with Gasteiger partial charge >= 0.3 is 5.97 Å². The lowest BCUT2D eigenvalue weighted by Crippen LogP contribution is -2.42. The molecule has 1 fully saturated rings. The van der Waals surface area contributed by atoms with Gasteiger partial charge < -0.3 is 28.7 Å². The number of hydrogen-bond acceptors (Lipinski definition) is 9. The number of thioether (sulfide) groups is 1. The van der Waals surface area contributed by atoms with Crippen LogP contribution in [-0.4, -0.2) is 74.0 Å². The van der Waals surface area contributed by atoms with Crippen LogP contribution in [0.25, 0.3) is 0 Å². The van der Waals surface area contributed by atoms with Crippen molar-refractivity contribution in [1.82, 2.24) is 9.80 Å². The number of allylic oxidation sites excluding steroid dienone is 1. The highest BCUT2D eigenvalue weighted by molar-refractivity contribution is 8.16. The molecule has 9 nitrogen and oxygen atoms in total. The number of rotatable bonds is 7. The molecule has 1 aromatic carbocycles. The van der Waals surface area contributed by atoms with Gasteiger partial charge in [-0.3, -0.25) is 4.79 Å². The van der Waals surface area contributed by atoms with Crippen molar-refractivity contribution in [3.63, 3.8) is 0 Å². The van der Waals surface area contributed by atoms with E-state index in [9.17, 15) is 9.59 Å². The van der Waals surface area contributed by atoms with Crippen LogP contribution in [0.15, 0.2) is 45.6 Å². The number of esters is 1. The molecule has 34 heavy (non-hydrogen) atoms. The Morgan fingerprint density at radius 1 is 1.21 bits per heavy atom. The molecule has 0 N–H and O–H groups in total. The fraction of sp³-hybridized carbons (Fsp3) is 0.458. The maximum atomic E-state index is 13.1. The summed E-state index contributed by atoms with van der Waals surface area (Å²) in [5.74, 6) is 0.624. The maximum Gasteiger partial charge on any atom is 0.338 e. The average molecular weight is 488 g/mol. The van der Waals surface area contributed by atoms with E-state index in [0.717, 1.165) is 11.3 Å². The third kappa shape index (κ3) is 4.52. The molecule has 3 heterocycles. The monoisotopic (exact) mass is 487 g/mol. The molecule has 1 saturated heterocycles. The first-order valence-corrected chi connectivity index (χ1v) is 12.1. The number of carbonyl (C=O) groups excluding carboxylic acids is 2. The number of morpholine rings is 1. The Morgan fingerprint density at radius 2 is 1.97 bits per heavy atom. The summed E-state index contributed by atoms with van der Waals surface area (Å²) in [7, 11) is 3.14. The number of benzene rings is 1. The third-order valence-electron chi connectivity index (χ3n) is 5.92. The van der Waals surface area contributed by atoms with E-state index < -0.39 is 12.0 Å². The third-order valence-corrected chi connectivity index (χ3v) is 6.81.